The van der Waals surface area contributed by atoms with E-state index in [1.165, 1.54) is 6.21 Å². The minimum atomic E-state index is -3.98. The van der Waals surface area contributed by atoms with Gasteiger partial charge in [-0.25, -0.2) is 13.8 Å². The number of carbonyl (C=O) groups is 1. The number of carbonyl (C=O) groups excluding carboxylic acids is 1. The summed E-state index contributed by atoms with van der Waals surface area (Å²) < 4.78 is 28.9. The van der Waals surface area contributed by atoms with E-state index in [0.29, 0.717) is 5.69 Å². The number of aryl methyl sites for hydroxylation is 2. The number of nitrogens with one attached hydrogen (secondary N) is 1. The normalized spacial score (nSPS) is 11.5. The Morgan fingerprint density at radius 3 is 2.38 bits per heavy atom. The molecule has 0 saturated heterocycles. The number of benzene rings is 3. The van der Waals surface area contributed by atoms with Crippen LogP contribution in [0.15, 0.2) is 81.2 Å². The molecule has 32 heavy (non-hydrogen) atoms. The van der Waals surface area contributed by atoms with E-state index in [1.54, 1.807) is 36.4 Å². The zero-order valence-corrected chi connectivity index (χ0v) is 20.4. The maximum atomic E-state index is 13.5. The first-order valence-corrected chi connectivity index (χ1v) is 12.2. The molecule has 3 rings (SSSR count). The number of halogens is 1. The van der Waals surface area contributed by atoms with Gasteiger partial charge in [-0.2, -0.15) is 5.10 Å². The molecule has 0 bridgehead atoms. The van der Waals surface area contributed by atoms with Crippen LogP contribution in [0.2, 0.25) is 0 Å². The molecule has 1 amide bonds. The van der Waals surface area contributed by atoms with Crippen LogP contribution in [0.5, 0.6) is 0 Å². The van der Waals surface area contributed by atoms with Gasteiger partial charge in [-0.3, -0.25) is 9.10 Å². The molecule has 0 saturated carbocycles. The fraction of sp³-hybridized carbons (Fsp3) is 0.167. The van der Waals surface area contributed by atoms with Crippen molar-refractivity contribution in [3.8, 4) is 0 Å². The summed E-state index contributed by atoms with van der Waals surface area (Å²) in [5.41, 5.74) is 6.33. The molecule has 0 fully saturated rings. The first kappa shape index (κ1) is 23.7. The second-order valence-electron chi connectivity index (χ2n) is 7.36. The predicted molar refractivity (Wildman–Crippen MR) is 132 cm³/mol. The van der Waals surface area contributed by atoms with E-state index in [9.17, 15) is 13.2 Å². The van der Waals surface area contributed by atoms with Gasteiger partial charge >= 0.3 is 0 Å². The highest BCUT2D eigenvalue weighted by Crippen LogP contribution is 2.28. The highest BCUT2D eigenvalue weighted by atomic mass is 79.9. The van der Waals surface area contributed by atoms with Crippen molar-refractivity contribution in [2.24, 2.45) is 5.10 Å². The predicted octanol–water partition coefficient (Wildman–Crippen LogP) is 4.72. The topological polar surface area (TPSA) is 78.8 Å². The van der Waals surface area contributed by atoms with Crippen molar-refractivity contribution in [3.05, 3.63) is 93.5 Å². The van der Waals surface area contributed by atoms with Crippen molar-refractivity contribution in [1.29, 1.82) is 0 Å². The van der Waals surface area contributed by atoms with Gasteiger partial charge in [0.1, 0.15) is 6.54 Å². The monoisotopic (exact) mass is 513 g/mol. The van der Waals surface area contributed by atoms with Crippen molar-refractivity contribution >= 4 is 43.8 Å². The highest BCUT2D eigenvalue weighted by molar-refractivity contribution is 9.10. The Labute approximate surface area is 197 Å². The zero-order valence-electron chi connectivity index (χ0n) is 18.0. The van der Waals surface area contributed by atoms with E-state index < -0.39 is 22.5 Å². The van der Waals surface area contributed by atoms with Crippen molar-refractivity contribution in [1.82, 2.24) is 5.43 Å². The van der Waals surface area contributed by atoms with E-state index in [-0.39, 0.29) is 4.90 Å². The average Bonchev–Trinajstić information content (AvgIpc) is 2.76. The second-order valence-corrected chi connectivity index (χ2v) is 10.1. The third kappa shape index (κ3) is 5.44. The Balaban J connectivity index is 1.91. The van der Waals surface area contributed by atoms with Crippen LogP contribution in [0.1, 0.15) is 22.3 Å². The lowest BCUT2D eigenvalue weighted by Gasteiger charge is -2.26. The standard InChI is InChI=1S/C24H24BrN3O3S/c1-17-11-13-21(14-12-17)32(30,31)28(23-10-6-7-18(2)19(23)3)16-24(29)27-26-15-20-8-4-5-9-22(20)25/h4-15H,16H2,1-3H3,(H,27,29)/b26-15-. The van der Waals surface area contributed by atoms with Gasteiger partial charge in [-0.1, -0.05) is 64.0 Å². The second kappa shape index (κ2) is 10.1. The Kier molecular flexibility index (Phi) is 7.48. The average molecular weight is 514 g/mol. The third-order valence-electron chi connectivity index (χ3n) is 5.04. The van der Waals surface area contributed by atoms with E-state index >= 15 is 0 Å². The number of sulfonamides is 1. The number of amides is 1. The number of rotatable bonds is 7. The summed E-state index contributed by atoms with van der Waals surface area (Å²) in [5.74, 6) is -0.551. The molecule has 0 spiro atoms. The maximum absolute atomic E-state index is 13.5. The molecular weight excluding hydrogens is 490 g/mol. The molecule has 0 aliphatic carbocycles. The molecule has 166 valence electrons. The Bertz CT molecular complexity index is 1260. The van der Waals surface area contributed by atoms with E-state index in [4.69, 9.17) is 0 Å². The molecule has 8 heteroatoms. The summed E-state index contributed by atoms with van der Waals surface area (Å²) in [7, 11) is -3.98. The van der Waals surface area contributed by atoms with Gasteiger partial charge in [-0.05, 0) is 56.2 Å². The van der Waals surface area contributed by atoms with Gasteiger partial charge in [-0.15, -0.1) is 0 Å². The van der Waals surface area contributed by atoms with Gasteiger partial charge in [0.25, 0.3) is 15.9 Å². The summed E-state index contributed by atoms with van der Waals surface area (Å²) >= 11 is 3.41. The molecule has 0 aliphatic rings. The molecule has 3 aromatic rings. The number of hydrazone groups is 1. The lowest BCUT2D eigenvalue weighted by molar-refractivity contribution is -0.119. The molecule has 3 aromatic carbocycles. The van der Waals surface area contributed by atoms with Crippen LogP contribution in [0.25, 0.3) is 0 Å². The lowest BCUT2D eigenvalue weighted by Crippen LogP contribution is -2.40. The zero-order chi connectivity index (χ0) is 23.3. The van der Waals surface area contributed by atoms with Crippen LogP contribution in [0.3, 0.4) is 0 Å². The SMILES string of the molecule is Cc1ccc(S(=O)(=O)N(CC(=O)N/N=C\c2ccccc2Br)c2cccc(C)c2C)cc1. The summed E-state index contributed by atoms with van der Waals surface area (Å²) in [6, 6.07) is 19.4. The first-order chi connectivity index (χ1) is 15.2. The first-order valence-electron chi connectivity index (χ1n) is 9.92. The molecule has 1 N–H and O–H groups in total. The summed E-state index contributed by atoms with van der Waals surface area (Å²) in [6.45, 7) is 5.21. The van der Waals surface area contributed by atoms with Gasteiger partial charge in [0.15, 0.2) is 0 Å². The number of anilines is 1. The Hall–Kier alpha value is -2.97. The third-order valence-corrected chi connectivity index (χ3v) is 7.54. The molecule has 0 heterocycles. The van der Waals surface area contributed by atoms with Crippen LogP contribution in [0, 0.1) is 20.8 Å². The summed E-state index contributed by atoms with van der Waals surface area (Å²) in [5, 5.41) is 3.98. The quantitative estimate of drug-likeness (QED) is 0.366. The van der Waals surface area contributed by atoms with E-state index in [1.807, 2.05) is 51.1 Å². The van der Waals surface area contributed by atoms with Crippen molar-refractivity contribution in [3.63, 3.8) is 0 Å². The van der Waals surface area contributed by atoms with Gasteiger partial charge in [0.05, 0.1) is 16.8 Å². The van der Waals surface area contributed by atoms with Gasteiger partial charge in [0, 0.05) is 10.0 Å². The van der Waals surface area contributed by atoms with Gasteiger partial charge in [0.2, 0.25) is 0 Å². The molecule has 6 nitrogen and oxygen atoms in total. The van der Waals surface area contributed by atoms with Crippen molar-refractivity contribution in [2.75, 3.05) is 10.8 Å². The highest BCUT2D eigenvalue weighted by Gasteiger charge is 2.28. The number of hydrogen-bond acceptors (Lipinski definition) is 4. The molecule has 0 radical (unpaired) electrons. The molecule has 0 aliphatic heterocycles. The fourth-order valence-corrected chi connectivity index (χ4v) is 4.93. The summed E-state index contributed by atoms with van der Waals surface area (Å²) in [6.07, 6.45) is 1.50. The number of hydrogen-bond donors (Lipinski definition) is 1. The van der Waals surface area contributed by atoms with Crippen LogP contribution in [0.4, 0.5) is 5.69 Å². The van der Waals surface area contributed by atoms with Crippen LogP contribution in [-0.2, 0) is 14.8 Å². The van der Waals surface area contributed by atoms with Gasteiger partial charge < -0.3 is 0 Å². The Morgan fingerprint density at radius 2 is 1.69 bits per heavy atom. The molecule has 0 atom stereocenters. The minimum Gasteiger partial charge on any atom is -0.271 e. The Morgan fingerprint density at radius 1 is 1.00 bits per heavy atom. The number of nitrogens with zero attached hydrogens (tertiary/aromatic N) is 2. The van der Waals surface area contributed by atoms with Crippen molar-refractivity contribution in [2.45, 2.75) is 25.7 Å². The largest absolute Gasteiger partial charge is 0.271 e. The van der Waals surface area contributed by atoms with Crippen LogP contribution >= 0.6 is 15.9 Å². The fourth-order valence-electron chi connectivity index (χ4n) is 3.06. The van der Waals surface area contributed by atoms with Crippen LogP contribution in [-0.4, -0.2) is 27.1 Å². The maximum Gasteiger partial charge on any atom is 0.264 e. The lowest BCUT2D eigenvalue weighted by atomic mass is 10.1. The van der Waals surface area contributed by atoms with Crippen molar-refractivity contribution < 1.29 is 13.2 Å². The molecule has 0 unspecified atom stereocenters. The van der Waals surface area contributed by atoms with E-state index in [2.05, 4.69) is 26.5 Å². The molecular formula is C24H24BrN3O3S. The minimum absolute atomic E-state index is 0.119. The van der Waals surface area contributed by atoms with E-state index in [0.717, 1.165) is 31.0 Å². The summed E-state index contributed by atoms with van der Waals surface area (Å²) in [4.78, 5) is 12.8. The molecule has 0 aromatic heterocycles. The smallest absolute Gasteiger partial charge is 0.264 e. The van der Waals surface area contributed by atoms with Crippen LogP contribution < -0.4 is 9.73 Å².